The molecule has 4 amide bonds. The van der Waals surface area contributed by atoms with E-state index in [0.29, 0.717) is 17.8 Å². The third kappa shape index (κ3) is 3.98. The van der Waals surface area contributed by atoms with E-state index in [4.69, 9.17) is 0 Å². The molecule has 0 unspecified atom stereocenters. The first-order valence-electron chi connectivity index (χ1n) is 19.3. The number of nitrogens with zero attached hydrogens (tertiary/aromatic N) is 2. The minimum absolute atomic E-state index is 0.121. The summed E-state index contributed by atoms with van der Waals surface area (Å²) < 4.78 is 0. The molecule has 55 heavy (non-hydrogen) atoms. The molecule has 0 radical (unpaired) electrons. The van der Waals surface area contributed by atoms with Crippen molar-refractivity contribution in [2.45, 2.75) is 30.1 Å². The number of hydrogen-bond acceptors (Lipinski definition) is 4. The molecular weight excluding hydrogens is 681 g/mol. The highest BCUT2D eigenvalue weighted by molar-refractivity contribution is 6.24. The van der Waals surface area contributed by atoms with Gasteiger partial charge in [0.25, 0.3) is 0 Å². The van der Waals surface area contributed by atoms with Crippen molar-refractivity contribution in [2.24, 2.45) is 23.7 Å². The Morgan fingerprint density at radius 2 is 0.527 bits per heavy atom. The quantitative estimate of drug-likeness (QED) is 0.173. The minimum Gasteiger partial charge on any atom is -0.274 e. The molecule has 6 nitrogen and oxygen atoms in total. The van der Waals surface area contributed by atoms with Gasteiger partial charge in [-0.25, -0.2) is 9.80 Å². The topological polar surface area (TPSA) is 74.8 Å². The molecule has 0 saturated carbocycles. The predicted molar refractivity (Wildman–Crippen MR) is 208 cm³/mol. The van der Waals surface area contributed by atoms with Gasteiger partial charge in [-0.3, -0.25) is 19.2 Å². The van der Waals surface area contributed by atoms with Crippen molar-refractivity contribution in [1.82, 2.24) is 0 Å². The number of rotatable bonds is 4. The molecule has 6 aliphatic carbocycles. The van der Waals surface area contributed by atoms with Crippen molar-refractivity contribution in [3.63, 3.8) is 0 Å². The van der Waals surface area contributed by atoms with E-state index in [1.165, 1.54) is 9.80 Å². The summed E-state index contributed by atoms with van der Waals surface area (Å²) in [5, 5.41) is 0. The lowest BCUT2D eigenvalue weighted by Crippen LogP contribution is -2.41. The Morgan fingerprint density at radius 1 is 0.309 bits per heavy atom. The molecule has 6 aromatic carbocycles. The second-order valence-corrected chi connectivity index (χ2v) is 16.1. The average molecular weight is 715 g/mol. The summed E-state index contributed by atoms with van der Waals surface area (Å²) >= 11 is 0. The number of amides is 4. The van der Waals surface area contributed by atoms with Crippen LogP contribution in [0.15, 0.2) is 146 Å². The lowest BCUT2D eigenvalue weighted by atomic mass is 9.55. The first kappa shape index (κ1) is 31.0. The molecule has 14 rings (SSSR count). The van der Waals surface area contributed by atoms with Crippen LogP contribution in [0.5, 0.6) is 0 Å². The fourth-order valence-electron chi connectivity index (χ4n) is 11.6. The van der Waals surface area contributed by atoms with E-state index >= 15 is 0 Å². The van der Waals surface area contributed by atoms with E-state index in [1.807, 2.05) is 97.1 Å². The summed E-state index contributed by atoms with van der Waals surface area (Å²) in [5.74, 6) is -2.69. The first-order valence-corrected chi connectivity index (χ1v) is 19.3. The van der Waals surface area contributed by atoms with Crippen LogP contribution in [0.3, 0.4) is 0 Å². The van der Waals surface area contributed by atoms with Crippen LogP contribution in [-0.4, -0.2) is 23.6 Å². The maximum Gasteiger partial charge on any atom is 0.238 e. The average Bonchev–Trinajstić information content (AvgIpc) is 3.66. The maximum atomic E-state index is 14.2. The van der Waals surface area contributed by atoms with Crippen molar-refractivity contribution in [2.75, 3.05) is 9.80 Å². The lowest BCUT2D eigenvalue weighted by Gasteiger charge is -2.45. The van der Waals surface area contributed by atoms with Gasteiger partial charge in [0, 0.05) is 23.7 Å². The van der Waals surface area contributed by atoms with Gasteiger partial charge in [0.2, 0.25) is 23.6 Å². The number of carbonyl (C=O) groups excluding carboxylic acids is 4. The van der Waals surface area contributed by atoms with Crippen molar-refractivity contribution in [3.8, 4) is 0 Å². The molecule has 2 heterocycles. The van der Waals surface area contributed by atoms with Crippen molar-refractivity contribution in [1.29, 1.82) is 0 Å². The monoisotopic (exact) mass is 714 g/mol. The summed E-state index contributed by atoms with van der Waals surface area (Å²) in [7, 11) is 0. The van der Waals surface area contributed by atoms with Gasteiger partial charge in [-0.05, 0) is 86.3 Å². The number of imide groups is 2. The summed E-state index contributed by atoms with van der Waals surface area (Å²) in [4.78, 5) is 59.7. The zero-order valence-corrected chi connectivity index (χ0v) is 29.7. The Hall–Kier alpha value is -6.40. The maximum absolute atomic E-state index is 14.2. The summed E-state index contributed by atoms with van der Waals surface area (Å²) in [5.41, 5.74) is 12.6. The van der Waals surface area contributed by atoms with E-state index < -0.39 is 23.7 Å². The molecule has 0 spiro atoms. The third-order valence-electron chi connectivity index (χ3n) is 13.7. The van der Waals surface area contributed by atoms with Crippen LogP contribution in [0.4, 0.5) is 11.4 Å². The van der Waals surface area contributed by atoms with Crippen LogP contribution in [0, 0.1) is 23.7 Å². The molecule has 2 saturated heterocycles. The highest BCUT2D eigenvalue weighted by Crippen LogP contribution is 2.63. The molecule has 0 N–H and O–H groups in total. The molecular formula is C49H34N2O4. The van der Waals surface area contributed by atoms with E-state index in [0.717, 1.165) is 55.6 Å². The fraction of sp³-hybridized carbons (Fsp3) is 0.184. The fourth-order valence-corrected chi connectivity index (χ4v) is 11.6. The zero-order valence-electron chi connectivity index (χ0n) is 29.7. The standard InChI is InChI=1S/C49H34N2O4/c52-46-42-38-30-9-1-2-10-31(30)39(33-12-4-3-11-32(33)38)43(42)47(53)50(46)28-21-17-26(18-22-28)25-27-19-23-29(24-20-27)51-48(54)44-40-34-13-5-6-14-35(34)41(45(44)49(51)55)37-16-8-7-15-36(37)40/h1-24,38-45H,25H2/t38?,39?,40?,41?,42-,43-,44-,45-/m1/s1. The van der Waals surface area contributed by atoms with E-state index in [2.05, 4.69) is 48.5 Å². The minimum atomic E-state index is -0.417. The Labute approximate surface area is 318 Å². The Kier molecular flexibility index (Phi) is 6.24. The molecule has 8 aliphatic rings. The van der Waals surface area contributed by atoms with Crippen LogP contribution >= 0.6 is 0 Å². The zero-order chi connectivity index (χ0) is 36.7. The Morgan fingerprint density at radius 3 is 0.745 bits per heavy atom. The second kappa shape index (κ2) is 11.1. The highest BCUT2D eigenvalue weighted by Gasteiger charge is 2.63. The van der Waals surface area contributed by atoms with Gasteiger partial charge in [-0.15, -0.1) is 0 Å². The van der Waals surface area contributed by atoms with Gasteiger partial charge in [0.15, 0.2) is 0 Å². The molecule has 0 aromatic heterocycles. The van der Waals surface area contributed by atoms with Crippen LogP contribution < -0.4 is 9.80 Å². The summed E-state index contributed by atoms with van der Waals surface area (Å²) in [6.07, 6.45) is 0.615. The molecule has 264 valence electrons. The number of carbonyl (C=O) groups is 4. The lowest BCUT2D eigenvalue weighted by molar-refractivity contribution is -0.124. The van der Waals surface area contributed by atoms with E-state index in [1.54, 1.807) is 0 Å². The van der Waals surface area contributed by atoms with Gasteiger partial charge in [0.1, 0.15) is 0 Å². The number of hydrogen-bond donors (Lipinski definition) is 0. The molecule has 6 heteroatoms. The molecule has 4 bridgehead atoms. The van der Waals surface area contributed by atoms with Gasteiger partial charge < -0.3 is 0 Å². The molecule has 2 fully saturated rings. The Bertz CT molecular complexity index is 2270. The normalized spacial score (nSPS) is 27.4. The van der Waals surface area contributed by atoms with Crippen LogP contribution in [0.25, 0.3) is 0 Å². The largest absolute Gasteiger partial charge is 0.274 e. The van der Waals surface area contributed by atoms with Crippen molar-refractivity contribution < 1.29 is 19.2 Å². The smallest absolute Gasteiger partial charge is 0.238 e. The van der Waals surface area contributed by atoms with Crippen molar-refractivity contribution >= 4 is 35.0 Å². The molecule has 6 aromatic rings. The van der Waals surface area contributed by atoms with E-state index in [9.17, 15) is 19.2 Å². The molecule has 4 atom stereocenters. The first-order chi connectivity index (χ1) is 27.0. The Balaban J connectivity index is 0.795. The predicted octanol–water partition coefficient (Wildman–Crippen LogP) is 8.07. The van der Waals surface area contributed by atoms with Crippen LogP contribution in [0.1, 0.15) is 79.3 Å². The number of benzene rings is 6. The van der Waals surface area contributed by atoms with Gasteiger partial charge in [-0.1, -0.05) is 121 Å². The SMILES string of the molecule is O=C1[C@@H]2C3c4ccccc4C(c4ccccc43)[C@H]2C(=O)N1c1ccc(Cc2ccc(N3C(=O)[C@@H]4C5c6ccccc6C(c6ccccc65)[C@H]4C3=O)cc2)cc1. The third-order valence-corrected chi connectivity index (χ3v) is 13.7. The van der Waals surface area contributed by atoms with Crippen LogP contribution in [0.2, 0.25) is 0 Å². The molecule has 2 aliphatic heterocycles. The van der Waals surface area contributed by atoms with Gasteiger partial charge in [-0.2, -0.15) is 0 Å². The van der Waals surface area contributed by atoms with Crippen LogP contribution in [-0.2, 0) is 25.6 Å². The summed E-state index contributed by atoms with van der Waals surface area (Å²) in [6, 6.07) is 48.6. The second-order valence-electron chi connectivity index (χ2n) is 16.1. The summed E-state index contributed by atoms with van der Waals surface area (Å²) in [6.45, 7) is 0. The highest BCUT2D eigenvalue weighted by atomic mass is 16.2. The number of anilines is 2. The van der Waals surface area contributed by atoms with Crippen molar-refractivity contribution in [3.05, 3.63) is 201 Å². The van der Waals surface area contributed by atoms with Gasteiger partial charge >= 0.3 is 0 Å². The van der Waals surface area contributed by atoms with E-state index in [-0.39, 0.29) is 47.3 Å². The van der Waals surface area contributed by atoms with Gasteiger partial charge in [0.05, 0.1) is 35.0 Å².